The van der Waals surface area contributed by atoms with E-state index in [2.05, 4.69) is 10.5 Å². The van der Waals surface area contributed by atoms with Crippen molar-refractivity contribution in [2.75, 3.05) is 6.61 Å². The molecule has 0 fully saturated rings. The molecule has 7 heteroatoms. The van der Waals surface area contributed by atoms with Crippen LogP contribution in [0.1, 0.15) is 22.6 Å². The van der Waals surface area contributed by atoms with Crippen molar-refractivity contribution >= 4 is 11.9 Å². The van der Waals surface area contributed by atoms with Crippen molar-refractivity contribution in [3.63, 3.8) is 0 Å². The number of aromatic nitrogens is 1. The lowest BCUT2D eigenvalue weighted by molar-refractivity contribution is -0.139. The van der Waals surface area contributed by atoms with Crippen LogP contribution in [0.15, 0.2) is 28.8 Å². The SMILES string of the molecule is Cc1noc(C)c1CC(=O)NCc1cccc(OCC(=O)O)c1. The second kappa shape index (κ2) is 7.44. The lowest BCUT2D eigenvalue weighted by atomic mass is 10.1. The predicted molar refractivity (Wildman–Crippen MR) is 81.1 cm³/mol. The molecule has 0 radical (unpaired) electrons. The molecule has 1 amide bonds. The highest BCUT2D eigenvalue weighted by Crippen LogP contribution is 2.14. The molecule has 0 saturated carbocycles. The molecule has 0 saturated heterocycles. The van der Waals surface area contributed by atoms with Gasteiger partial charge in [-0.3, -0.25) is 4.79 Å². The number of aliphatic carboxylic acids is 1. The van der Waals surface area contributed by atoms with E-state index in [9.17, 15) is 9.59 Å². The summed E-state index contributed by atoms with van der Waals surface area (Å²) in [6.07, 6.45) is 0.205. The molecule has 0 unspecified atom stereocenters. The molecule has 2 aromatic rings. The number of hydrogen-bond donors (Lipinski definition) is 2. The van der Waals surface area contributed by atoms with E-state index in [1.807, 2.05) is 6.07 Å². The minimum Gasteiger partial charge on any atom is -0.482 e. The number of carboxylic acid groups (broad SMARTS) is 1. The van der Waals surface area contributed by atoms with E-state index in [-0.39, 0.29) is 12.3 Å². The second-order valence-electron chi connectivity index (χ2n) is 5.09. The maximum Gasteiger partial charge on any atom is 0.341 e. The van der Waals surface area contributed by atoms with Gasteiger partial charge in [0.15, 0.2) is 6.61 Å². The highest BCUT2D eigenvalue weighted by atomic mass is 16.5. The van der Waals surface area contributed by atoms with E-state index in [1.165, 1.54) is 0 Å². The second-order valence-corrected chi connectivity index (χ2v) is 5.09. The maximum absolute atomic E-state index is 12.0. The molecule has 1 aromatic carbocycles. The molecule has 0 aliphatic heterocycles. The summed E-state index contributed by atoms with van der Waals surface area (Å²) in [5, 5.41) is 15.2. The normalized spacial score (nSPS) is 10.3. The van der Waals surface area contributed by atoms with Crippen LogP contribution in [0.2, 0.25) is 0 Å². The molecule has 7 nitrogen and oxygen atoms in total. The number of nitrogens with zero attached hydrogens (tertiary/aromatic N) is 1. The number of rotatable bonds is 7. The van der Waals surface area contributed by atoms with Crippen LogP contribution in [0, 0.1) is 13.8 Å². The van der Waals surface area contributed by atoms with Crippen molar-refractivity contribution in [2.24, 2.45) is 0 Å². The molecule has 0 aliphatic rings. The van der Waals surface area contributed by atoms with Gasteiger partial charge in [0, 0.05) is 12.1 Å². The van der Waals surface area contributed by atoms with Crippen molar-refractivity contribution in [1.82, 2.24) is 10.5 Å². The quantitative estimate of drug-likeness (QED) is 0.804. The van der Waals surface area contributed by atoms with Crippen molar-refractivity contribution in [1.29, 1.82) is 0 Å². The van der Waals surface area contributed by atoms with E-state index in [0.717, 1.165) is 11.1 Å². The van der Waals surface area contributed by atoms with Gasteiger partial charge in [0.25, 0.3) is 0 Å². The Kier molecular flexibility index (Phi) is 5.35. The van der Waals surface area contributed by atoms with Gasteiger partial charge in [0.05, 0.1) is 12.1 Å². The molecule has 23 heavy (non-hydrogen) atoms. The smallest absolute Gasteiger partial charge is 0.341 e. The van der Waals surface area contributed by atoms with E-state index >= 15 is 0 Å². The molecule has 1 heterocycles. The molecule has 0 aliphatic carbocycles. The summed E-state index contributed by atoms with van der Waals surface area (Å²) in [5.41, 5.74) is 2.32. The average molecular weight is 318 g/mol. The van der Waals surface area contributed by atoms with Crippen LogP contribution in [0.3, 0.4) is 0 Å². The third kappa shape index (κ3) is 4.84. The Morgan fingerprint density at radius 2 is 2.13 bits per heavy atom. The number of nitrogens with one attached hydrogen (secondary N) is 1. The lowest BCUT2D eigenvalue weighted by Gasteiger charge is -2.08. The van der Waals surface area contributed by atoms with E-state index in [0.29, 0.717) is 23.7 Å². The fourth-order valence-corrected chi connectivity index (χ4v) is 2.07. The fraction of sp³-hybridized carbons (Fsp3) is 0.312. The van der Waals surface area contributed by atoms with Crippen LogP contribution in [-0.2, 0) is 22.6 Å². The molecule has 2 rings (SSSR count). The zero-order valence-electron chi connectivity index (χ0n) is 13.0. The highest BCUT2D eigenvalue weighted by molar-refractivity contribution is 5.79. The van der Waals surface area contributed by atoms with Crippen LogP contribution >= 0.6 is 0 Å². The standard InChI is InChI=1S/C16H18N2O5/c1-10-14(11(2)23-18-10)7-15(19)17-8-12-4-3-5-13(6-12)22-9-16(20)21/h3-6H,7-9H2,1-2H3,(H,17,19)(H,20,21). The first-order chi connectivity index (χ1) is 11.0. The summed E-state index contributed by atoms with van der Waals surface area (Å²) >= 11 is 0. The summed E-state index contributed by atoms with van der Waals surface area (Å²) in [6.45, 7) is 3.49. The number of benzene rings is 1. The number of amides is 1. The predicted octanol–water partition coefficient (Wildman–Crippen LogP) is 1.61. The average Bonchev–Trinajstić information content (AvgIpc) is 2.83. The van der Waals surface area contributed by atoms with E-state index < -0.39 is 12.6 Å². The summed E-state index contributed by atoms with van der Waals surface area (Å²) in [7, 11) is 0. The third-order valence-electron chi connectivity index (χ3n) is 3.27. The third-order valence-corrected chi connectivity index (χ3v) is 3.27. The molecule has 1 aromatic heterocycles. The Balaban J connectivity index is 1.89. The maximum atomic E-state index is 12.0. The lowest BCUT2D eigenvalue weighted by Crippen LogP contribution is -2.25. The van der Waals surface area contributed by atoms with Crippen molar-refractivity contribution in [3.8, 4) is 5.75 Å². The van der Waals surface area contributed by atoms with E-state index in [1.54, 1.807) is 32.0 Å². The van der Waals surface area contributed by atoms with Crippen LogP contribution in [0.4, 0.5) is 0 Å². The summed E-state index contributed by atoms with van der Waals surface area (Å²) < 4.78 is 10.1. The molecule has 0 bridgehead atoms. The summed E-state index contributed by atoms with van der Waals surface area (Å²) in [4.78, 5) is 22.5. The summed E-state index contributed by atoms with van der Waals surface area (Å²) in [6, 6.07) is 6.92. The van der Waals surface area contributed by atoms with E-state index in [4.69, 9.17) is 14.4 Å². The number of hydrogen-bond acceptors (Lipinski definition) is 5. The van der Waals surface area contributed by atoms with Crippen LogP contribution in [0.25, 0.3) is 0 Å². The Labute approximate surface area is 133 Å². The van der Waals surface area contributed by atoms with Crippen molar-refractivity contribution < 1.29 is 24.0 Å². The first-order valence-electron chi connectivity index (χ1n) is 7.07. The summed E-state index contributed by atoms with van der Waals surface area (Å²) in [5.74, 6) is -0.0917. The molecule has 0 spiro atoms. The minimum atomic E-state index is -1.04. The number of ether oxygens (including phenoxy) is 1. The van der Waals surface area contributed by atoms with Gasteiger partial charge in [-0.1, -0.05) is 17.3 Å². The Hall–Kier alpha value is -2.83. The molecule has 0 atom stereocenters. The molecule has 122 valence electrons. The Morgan fingerprint density at radius 1 is 1.35 bits per heavy atom. The number of carbonyl (C=O) groups excluding carboxylic acids is 1. The monoisotopic (exact) mass is 318 g/mol. The fourth-order valence-electron chi connectivity index (χ4n) is 2.07. The molecule has 2 N–H and O–H groups in total. The first-order valence-corrected chi connectivity index (χ1v) is 7.07. The van der Waals surface area contributed by atoms with Gasteiger partial charge in [-0.15, -0.1) is 0 Å². The molecular formula is C16H18N2O5. The van der Waals surface area contributed by atoms with Gasteiger partial charge < -0.3 is 19.7 Å². The van der Waals surface area contributed by atoms with Gasteiger partial charge in [-0.25, -0.2) is 4.79 Å². The minimum absolute atomic E-state index is 0.142. The van der Waals surface area contributed by atoms with Gasteiger partial charge in [-0.05, 0) is 31.5 Å². The van der Waals surface area contributed by atoms with Crippen LogP contribution < -0.4 is 10.1 Å². The first kappa shape index (κ1) is 16.5. The highest BCUT2D eigenvalue weighted by Gasteiger charge is 2.13. The van der Waals surface area contributed by atoms with Gasteiger partial charge in [0.1, 0.15) is 11.5 Å². The van der Waals surface area contributed by atoms with Crippen molar-refractivity contribution in [2.45, 2.75) is 26.8 Å². The largest absolute Gasteiger partial charge is 0.482 e. The van der Waals surface area contributed by atoms with Crippen molar-refractivity contribution in [3.05, 3.63) is 46.8 Å². The zero-order chi connectivity index (χ0) is 16.8. The molecular weight excluding hydrogens is 300 g/mol. The number of carboxylic acids is 1. The van der Waals surface area contributed by atoms with Gasteiger partial charge >= 0.3 is 5.97 Å². The van der Waals surface area contributed by atoms with Gasteiger partial charge in [-0.2, -0.15) is 0 Å². The Morgan fingerprint density at radius 3 is 2.78 bits per heavy atom. The number of carbonyl (C=O) groups is 2. The number of aryl methyl sites for hydroxylation is 2. The topological polar surface area (TPSA) is 102 Å². The van der Waals surface area contributed by atoms with Crippen LogP contribution in [-0.4, -0.2) is 28.7 Å². The Bertz CT molecular complexity index is 689. The van der Waals surface area contributed by atoms with Gasteiger partial charge in [0.2, 0.25) is 5.91 Å². The van der Waals surface area contributed by atoms with Crippen LogP contribution in [0.5, 0.6) is 5.75 Å². The zero-order valence-corrected chi connectivity index (χ0v) is 13.0.